The van der Waals surface area contributed by atoms with Crippen LogP contribution in [0.3, 0.4) is 0 Å². The topological polar surface area (TPSA) is 46.3 Å². The molecule has 1 aliphatic carbocycles. The summed E-state index contributed by atoms with van der Waals surface area (Å²) >= 11 is 6.13. The molecular weight excluding hydrogens is 295 g/mol. The molecule has 1 aliphatic rings. The maximum Gasteiger partial charge on any atom is 0.226 e. The minimum absolute atomic E-state index is 0. The second-order valence-corrected chi connectivity index (χ2v) is 5.73. The Balaban J connectivity index is 0.00000200. The molecule has 20 heavy (non-hydrogen) atoms. The lowest BCUT2D eigenvalue weighted by atomic mass is 9.95. The Hall–Kier alpha value is -0.770. The van der Waals surface area contributed by atoms with Crippen LogP contribution in [0.4, 0.5) is 0 Å². The predicted molar refractivity (Wildman–Crippen MR) is 85.1 cm³/mol. The third-order valence-corrected chi connectivity index (χ3v) is 4.39. The fraction of sp³-hybridized carbons (Fsp3) is 0.533. The molecule has 1 amide bonds. The SMILES string of the molecule is CN(Cc1ccccc1Cl)C(=O)[C@@H]1CCC[C@@H]1CN.Cl. The van der Waals surface area contributed by atoms with Gasteiger partial charge in [-0.05, 0) is 36.9 Å². The van der Waals surface area contributed by atoms with Gasteiger partial charge in [-0.2, -0.15) is 0 Å². The van der Waals surface area contributed by atoms with Crippen LogP contribution in [0.15, 0.2) is 24.3 Å². The molecular formula is C15H22Cl2N2O. The van der Waals surface area contributed by atoms with Gasteiger partial charge >= 0.3 is 0 Å². The van der Waals surface area contributed by atoms with E-state index in [1.54, 1.807) is 4.90 Å². The van der Waals surface area contributed by atoms with Gasteiger partial charge in [-0.15, -0.1) is 12.4 Å². The number of nitrogens with two attached hydrogens (primary N) is 1. The normalized spacial score (nSPS) is 21.4. The van der Waals surface area contributed by atoms with E-state index in [0.29, 0.717) is 24.0 Å². The van der Waals surface area contributed by atoms with E-state index in [1.807, 2.05) is 31.3 Å². The van der Waals surface area contributed by atoms with Crippen molar-refractivity contribution < 1.29 is 4.79 Å². The molecule has 1 aromatic rings. The van der Waals surface area contributed by atoms with Crippen molar-refractivity contribution in [2.24, 2.45) is 17.6 Å². The lowest BCUT2D eigenvalue weighted by molar-refractivity contribution is -0.135. The molecule has 2 atom stereocenters. The van der Waals surface area contributed by atoms with Crippen LogP contribution >= 0.6 is 24.0 Å². The Kier molecular flexibility index (Phi) is 6.80. The van der Waals surface area contributed by atoms with Crippen LogP contribution in [0.2, 0.25) is 5.02 Å². The highest BCUT2D eigenvalue weighted by atomic mass is 35.5. The quantitative estimate of drug-likeness (QED) is 0.927. The highest BCUT2D eigenvalue weighted by molar-refractivity contribution is 6.31. The summed E-state index contributed by atoms with van der Waals surface area (Å²) in [5.41, 5.74) is 6.74. The van der Waals surface area contributed by atoms with Crippen LogP contribution < -0.4 is 5.73 Å². The van der Waals surface area contributed by atoms with Crippen LogP contribution in [0, 0.1) is 11.8 Å². The standard InChI is InChI=1S/C15H21ClN2O.ClH/c1-18(10-12-5-2-3-8-14(12)16)15(19)13-7-4-6-11(13)9-17;/h2-3,5,8,11,13H,4,6-7,9-10,17H2,1H3;1H/t11-,13-;/m1./s1. The van der Waals surface area contributed by atoms with Crippen LogP contribution in [-0.4, -0.2) is 24.4 Å². The van der Waals surface area contributed by atoms with Gasteiger partial charge in [-0.3, -0.25) is 4.79 Å². The zero-order valence-corrected chi connectivity index (χ0v) is 13.3. The number of nitrogens with zero attached hydrogens (tertiary/aromatic N) is 1. The van der Waals surface area contributed by atoms with Crippen LogP contribution in [0.1, 0.15) is 24.8 Å². The summed E-state index contributed by atoms with van der Waals surface area (Å²) in [6, 6.07) is 7.65. The Morgan fingerprint density at radius 1 is 1.40 bits per heavy atom. The Morgan fingerprint density at radius 2 is 2.10 bits per heavy atom. The van der Waals surface area contributed by atoms with Gasteiger partial charge in [0, 0.05) is 24.5 Å². The number of carbonyl (C=O) groups is 1. The van der Waals surface area contributed by atoms with Gasteiger partial charge in [0.05, 0.1) is 0 Å². The molecule has 0 saturated heterocycles. The number of hydrogen-bond donors (Lipinski definition) is 1. The van der Waals surface area contributed by atoms with Crippen molar-refractivity contribution in [2.75, 3.05) is 13.6 Å². The van der Waals surface area contributed by atoms with Gasteiger partial charge in [-0.1, -0.05) is 36.2 Å². The molecule has 0 radical (unpaired) electrons. The van der Waals surface area contributed by atoms with E-state index in [0.717, 1.165) is 24.8 Å². The van der Waals surface area contributed by atoms with Crippen LogP contribution in [0.5, 0.6) is 0 Å². The number of amides is 1. The molecule has 2 rings (SSSR count). The summed E-state index contributed by atoms with van der Waals surface area (Å²) in [5, 5.41) is 0.712. The Labute approximate surface area is 131 Å². The summed E-state index contributed by atoms with van der Waals surface area (Å²) in [6.45, 7) is 1.17. The summed E-state index contributed by atoms with van der Waals surface area (Å²) < 4.78 is 0. The molecule has 1 fully saturated rings. The van der Waals surface area contributed by atoms with Crippen molar-refractivity contribution in [3.8, 4) is 0 Å². The summed E-state index contributed by atoms with van der Waals surface area (Å²) in [5.74, 6) is 0.645. The maximum absolute atomic E-state index is 12.5. The van der Waals surface area contributed by atoms with E-state index >= 15 is 0 Å². The average molecular weight is 317 g/mol. The highest BCUT2D eigenvalue weighted by Crippen LogP contribution is 2.32. The summed E-state index contributed by atoms with van der Waals surface area (Å²) in [6.07, 6.45) is 3.15. The fourth-order valence-electron chi connectivity index (χ4n) is 2.89. The van der Waals surface area contributed by atoms with Gasteiger partial charge in [0.25, 0.3) is 0 Å². The molecule has 112 valence electrons. The fourth-order valence-corrected chi connectivity index (χ4v) is 3.08. The third-order valence-electron chi connectivity index (χ3n) is 4.02. The van der Waals surface area contributed by atoms with Gasteiger partial charge in [0.1, 0.15) is 0 Å². The molecule has 1 saturated carbocycles. The van der Waals surface area contributed by atoms with Crippen molar-refractivity contribution in [1.29, 1.82) is 0 Å². The van der Waals surface area contributed by atoms with E-state index in [4.69, 9.17) is 17.3 Å². The lowest BCUT2D eigenvalue weighted by Gasteiger charge is -2.25. The Morgan fingerprint density at radius 3 is 2.75 bits per heavy atom. The first-order chi connectivity index (χ1) is 9.13. The smallest absolute Gasteiger partial charge is 0.226 e. The number of benzene rings is 1. The first kappa shape index (κ1) is 17.3. The van der Waals surface area contributed by atoms with E-state index in [9.17, 15) is 4.79 Å². The second kappa shape index (κ2) is 7.87. The number of hydrogen-bond acceptors (Lipinski definition) is 2. The highest BCUT2D eigenvalue weighted by Gasteiger charge is 2.33. The molecule has 0 heterocycles. The monoisotopic (exact) mass is 316 g/mol. The van der Waals surface area contributed by atoms with Gasteiger partial charge in [0.2, 0.25) is 5.91 Å². The number of carbonyl (C=O) groups excluding carboxylic acids is 1. The van der Waals surface area contributed by atoms with Crippen molar-refractivity contribution in [2.45, 2.75) is 25.8 Å². The second-order valence-electron chi connectivity index (χ2n) is 5.32. The minimum atomic E-state index is 0. The van der Waals surface area contributed by atoms with Crippen molar-refractivity contribution in [3.63, 3.8) is 0 Å². The zero-order valence-electron chi connectivity index (χ0n) is 11.7. The molecule has 2 N–H and O–H groups in total. The molecule has 3 nitrogen and oxygen atoms in total. The zero-order chi connectivity index (χ0) is 13.8. The van der Waals surface area contributed by atoms with Crippen LogP contribution in [-0.2, 0) is 11.3 Å². The van der Waals surface area contributed by atoms with E-state index < -0.39 is 0 Å². The maximum atomic E-state index is 12.5. The number of rotatable bonds is 4. The number of halogens is 2. The molecule has 1 aromatic carbocycles. The van der Waals surface area contributed by atoms with Gasteiger partial charge in [-0.25, -0.2) is 0 Å². The van der Waals surface area contributed by atoms with Gasteiger partial charge in [0.15, 0.2) is 0 Å². The molecule has 0 aliphatic heterocycles. The average Bonchev–Trinajstić information content (AvgIpc) is 2.88. The van der Waals surface area contributed by atoms with E-state index in [-0.39, 0.29) is 24.2 Å². The van der Waals surface area contributed by atoms with Crippen molar-refractivity contribution >= 4 is 29.9 Å². The van der Waals surface area contributed by atoms with Crippen LogP contribution in [0.25, 0.3) is 0 Å². The molecule has 0 unspecified atom stereocenters. The first-order valence-corrected chi connectivity index (χ1v) is 7.19. The van der Waals surface area contributed by atoms with E-state index in [1.165, 1.54) is 0 Å². The van der Waals surface area contributed by atoms with Crippen molar-refractivity contribution in [3.05, 3.63) is 34.9 Å². The summed E-state index contributed by atoms with van der Waals surface area (Å²) in [4.78, 5) is 14.2. The molecule has 0 spiro atoms. The first-order valence-electron chi connectivity index (χ1n) is 6.82. The van der Waals surface area contributed by atoms with Gasteiger partial charge < -0.3 is 10.6 Å². The lowest BCUT2D eigenvalue weighted by Crippen LogP contribution is -2.36. The van der Waals surface area contributed by atoms with Crippen molar-refractivity contribution in [1.82, 2.24) is 4.90 Å². The minimum Gasteiger partial charge on any atom is -0.341 e. The molecule has 0 bridgehead atoms. The molecule has 5 heteroatoms. The largest absolute Gasteiger partial charge is 0.341 e. The molecule has 0 aromatic heterocycles. The predicted octanol–water partition coefficient (Wildman–Crippen LogP) is 3.10. The third kappa shape index (κ3) is 3.87. The summed E-state index contributed by atoms with van der Waals surface area (Å²) in [7, 11) is 1.84. The van der Waals surface area contributed by atoms with E-state index in [2.05, 4.69) is 0 Å². The Bertz CT molecular complexity index is 453.